The zero-order valence-corrected chi connectivity index (χ0v) is 14.3. The number of nitrogens with one attached hydrogen (secondary N) is 1. The van der Waals surface area contributed by atoms with Crippen LogP contribution in [0.1, 0.15) is 43.2 Å². The molecule has 1 aromatic rings. The zero-order valence-electron chi connectivity index (χ0n) is 13.5. The van der Waals surface area contributed by atoms with E-state index in [2.05, 4.69) is 5.32 Å². The number of carbonyl (C=O) groups is 1. The summed E-state index contributed by atoms with van der Waals surface area (Å²) in [7, 11) is 0. The Morgan fingerprint density at radius 1 is 1.14 bits per heavy atom. The van der Waals surface area contributed by atoms with Crippen molar-refractivity contribution in [3.05, 3.63) is 29.3 Å². The van der Waals surface area contributed by atoms with Gasteiger partial charge in [-0.15, -0.1) is 12.4 Å². The summed E-state index contributed by atoms with van der Waals surface area (Å²) < 4.78 is 0. The smallest absolute Gasteiger partial charge is 0.227 e. The summed E-state index contributed by atoms with van der Waals surface area (Å²) in [6, 6.07) is 6.45. The van der Waals surface area contributed by atoms with Crippen molar-refractivity contribution in [2.75, 3.05) is 5.32 Å². The van der Waals surface area contributed by atoms with Gasteiger partial charge in [-0.3, -0.25) is 4.79 Å². The van der Waals surface area contributed by atoms with Crippen molar-refractivity contribution in [3.8, 4) is 0 Å². The highest BCUT2D eigenvalue weighted by Crippen LogP contribution is 2.42. The number of fused-ring (bicyclic) bond motifs is 2. The topological polar surface area (TPSA) is 55.1 Å². The van der Waals surface area contributed by atoms with Gasteiger partial charge in [-0.2, -0.15) is 0 Å². The molecule has 2 saturated carbocycles. The summed E-state index contributed by atoms with van der Waals surface area (Å²) in [5, 5.41) is 3.17. The number of rotatable bonds is 2. The molecule has 3 nitrogen and oxygen atoms in total. The maximum Gasteiger partial charge on any atom is 0.227 e. The normalized spacial score (nSPS) is 30.3. The van der Waals surface area contributed by atoms with E-state index >= 15 is 0 Å². The van der Waals surface area contributed by atoms with Crippen molar-refractivity contribution in [2.24, 2.45) is 23.5 Å². The number of aryl methyl sites for hydroxylation is 2. The second kappa shape index (κ2) is 7.01. The molecule has 0 radical (unpaired) electrons. The third-order valence-corrected chi connectivity index (χ3v) is 5.51. The Labute approximate surface area is 139 Å². The minimum atomic E-state index is 0. The van der Waals surface area contributed by atoms with Crippen molar-refractivity contribution in [1.82, 2.24) is 0 Å². The average molecular weight is 323 g/mol. The molecular weight excluding hydrogens is 296 g/mol. The van der Waals surface area contributed by atoms with Gasteiger partial charge in [-0.05, 0) is 62.5 Å². The first-order valence-electron chi connectivity index (χ1n) is 8.19. The Morgan fingerprint density at radius 3 is 2.23 bits per heavy atom. The van der Waals surface area contributed by atoms with Crippen molar-refractivity contribution in [3.63, 3.8) is 0 Å². The van der Waals surface area contributed by atoms with Crippen LogP contribution in [0, 0.1) is 31.6 Å². The third kappa shape index (κ3) is 3.31. The molecule has 3 N–H and O–H groups in total. The predicted molar refractivity (Wildman–Crippen MR) is 93.3 cm³/mol. The van der Waals surface area contributed by atoms with E-state index in [-0.39, 0.29) is 24.2 Å². The number of carbonyl (C=O) groups excluding carboxylic acids is 1. The molecule has 0 aliphatic heterocycles. The lowest BCUT2D eigenvalue weighted by Gasteiger charge is -2.43. The summed E-state index contributed by atoms with van der Waals surface area (Å²) in [6.45, 7) is 4.10. The average Bonchev–Trinajstić information content (AvgIpc) is 2.42. The lowest BCUT2D eigenvalue weighted by molar-refractivity contribution is -0.122. The maximum absolute atomic E-state index is 12.7. The fourth-order valence-electron chi connectivity index (χ4n) is 4.24. The van der Waals surface area contributed by atoms with Crippen LogP contribution in [0.15, 0.2) is 18.2 Å². The minimum Gasteiger partial charge on any atom is -0.327 e. The molecule has 3 rings (SSSR count). The molecule has 122 valence electrons. The molecule has 2 unspecified atom stereocenters. The largest absolute Gasteiger partial charge is 0.327 e. The van der Waals surface area contributed by atoms with E-state index in [9.17, 15) is 4.79 Å². The predicted octanol–water partition coefficient (Wildman–Crippen LogP) is 3.82. The van der Waals surface area contributed by atoms with Crippen LogP contribution in [0.25, 0.3) is 0 Å². The monoisotopic (exact) mass is 322 g/mol. The van der Waals surface area contributed by atoms with Crippen LogP contribution in [0.4, 0.5) is 5.69 Å². The van der Waals surface area contributed by atoms with E-state index in [1.807, 2.05) is 32.0 Å². The van der Waals surface area contributed by atoms with Gasteiger partial charge in [0.25, 0.3) is 0 Å². The van der Waals surface area contributed by atoms with Gasteiger partial charge >= 0.3 is 0 Å². The molecular formula is C18H27ClN2O. The zero-order chi connectivity index (χ0) is 15.0. The standard InChI is InChI=1S/C18H26N2O.ClH/c1-11-5-3-6-12(2)17(11)20-18(21)15-9-13-7-4-8-14(10-15)16(13)19;/h3,5-6,13-16H,4,7-10,19H2,1-2H3,(H,20,21);1H. The van der Waals surface area contributed by atoms with E-state index < -0.39 is 0 Å². The molecule has 2 aliphatic carbocycles. The molecule has 0 saturated heterocycles. The molecule has 4 heteroatoms. The van der Waals surface area contributed by atoms with Gasteiger partial charge < -0.3 is 11.1 Å². The Kier molecular flexibility index (Phi) is 5.51. The number of para-hydroxylation sites is 1. The van der Waals surface area contributed by atoms with Gasteiger partial charge in [0.1, 0.15) is 0 Å². The number of amides is 1. The fraction of sp³-hybridized carbons (Fsp3) is 0.611. The van der Waals surface area contributed by atoms with E-state index in [4.69, 9.17) is 5.73 Å². The van der Waals surface area contributed by atoms with Crippen molar-refractivity contribution < 1.29 is 4.79 Å². The fourth-order valence-corrected chi connectivity index (χ4v) is 4.24. The minimum absolute atomic E-state index is 0. The van der Waals surface area contributed by atoms with Crippen molar-refractivity contribution >= 4 is 24.0 Å². The van der Waals surface area contributed by atoms with Crippen LogP contribution >= 0.6 is 12.4 Å². The second-order valence-corrected chi connectivity index (χ2v) is 6.95. The first-order chi connectivity index (χ1) is 10.1. The lowest BCUT2D eigenvalue weighted by Crippen LogP contribution is -2.48. The lowest BCUT2D eigenvalue weighted by atomic mass is 9.65. The van der Waals surface area contributed by atoms with Gasteiger partial charge in [0.15, 0.2) is 0 Å². The number of hydrogen-bond acceptors (Lipinski definition) is 2. The number of benzene rings is 1. The molecule has 0 heterocycles. The Hall–Kier alpha value is -1.06. The Bertz CT molecular complexity index is 512. The second-order valence-electron chi connectivity index (χ2n) is 6.95. The summed E-state index contributed by atoms with van der Waals surface area (Å²) in [5.74, 6) is 1.42. The highest BCUT2D eigenvalue weighted by molar-refractivity contribution is 5.94. The molecule has 2 aliphatic rings. The van der Waals surface area contributed by atoms with E-state index in [0.717, 1.165) is 29.7 Å². The van der Waals surface area contributed by atoms with Gasteiger partial charge in [-0.1, -0.05) is 24.6 Å². The molecule has 0 spiro atoms. The van der Waals surface area contributed by atoms with Crippen LogP contribution < -0.4 is 11.1 Å². The van der Waals surface area contributed by atoms with Gasteiger partial charge in [0.2, 0.25) is 5.91 Å². The molecule has 22 heavy (non-hydrogen) atoms. The quantitative estimate of drug-likeness (QED) is 0.869. The maximum atomic E-state index is 12.7. The summed E-state index contributed by atoms with van der Waals surface area (Å²) in [5.41, 5.74) is 9.57. The van der Waals surface area contributed by atoms with Crippen LogP contribution in [-0.2, 0) is 4.79 Å². The molecule has 1 aromatic carbocycles. The third-order valence-electron chi connectivity index (χ3n) is 5.51. The van der Waals surface area contributed by atoms with E-state index in [0.29, 0.717) is 17.9 Å². The first-order valence-corrected chi connectivity index (χ1v) is 8.19. The molecule has 2 fully saturated rings. The summed E-state index contributed by atoms with van der Waals surface area (Å²) >= 11 is 0. The van der Waals surface area contributed by atoms with E-state index in [1.165, 1.54) is 19.3 Å². The van der Waals surface area contributed by atoms with Crippen LogP contribution in [0.3, 0.4) is 0 Å². The highest BCUT2D eigenvalue weighted by Gasteiger charge is 2.40. The number of anilines is 1. The van der Waals surface area contributed by atoms with Crippen LogP contribution in [-0.4, -0.2) is 11.9 Å². The Balaban J connectivity index is 0.00000176. The SMILES string of the molecule is Cc1cccc(C)c1NC(=O)C1CC2CCCC(C1)C2N.Cl. The number of nitrogens with two attached hydrogens (primary N) is 1. The molecule has 2 bridgehead atoms. The molecule has 1 amide bonds. The van der Waals surface area contributed by atoms with Crippen molar-refractivity contribution in [2.45, 2.75) is 52.0 Å². The number of halogens is 1. The first kappa shape index (κ1) is 17.3. The van der Waals surface area contributed by atoms with Gasteiger partial charge in [-0.25, -0.2) is 0 Å². The summed E-state index contributed by atoms with van der Waals surface area (Å²) in [6.07, 6.45) is 5.62. The molecule has 2 atom stereocenters. The van der Waals surface area contributed by atoms with E-state index in [1.54, 1.807) is 0 Å². The van der Waals surface area contributed by atoms with Gasteiger partial charge in [0, 0.05) is 17.6 Å². The number of hydrogen-bond donors (Lipinski definition) is 2. The van der Waals surface area contributed by atoms with Crippen LogP contribution in [0.5, 0.6) is 0 Å². The molecule has 0 aromatic heterocycles. The Morgan fingerprint density at radius 2 is 1.68 bits per heavy atom. The van der Waals surface area contributed by atoms with Gasteiger partial charge in [0.05, 0.1) is 0 Å². The van der Waals surface area contributed by atoms with Crippen molar-refractivity contribution in [1.29, 1.82) is 0 Å². The van der Waals surface area contributed by atoms with Crippen LogP contribution in [0.2, 0.25) is 0 Å². The highest BCUT2D eigenvalue weighted by atomic mass is 35.5. The summed E-state index contributed by atoms with van der Waals surface area (Å²) in [4.78, 5) is 12.7.